The zero-order chi connectivity index (χ0) is 32.3. The lowest BCUT2D eigenvalue weighted by Crippen LogP contribution is -2.58. The third-order valence-electron chi connectivity index (χ3n) is 8.12. The second kappa shape index (κ2) is 11.6. The molecular formula is C29H28ClF5N4O4S. The molecule has 0 bridgehead atoms. The van der Waals surface area contributed by atoms with E-state index in [2.05, 4.69) is 11.6 Å². The van der Waals surface area contributed by atoms with Gasteiger partial charge in [0, 0.05) is 70.4 Å². The normalized spacial score (nSPS) is 20.1. The van der Waals surface area contributed by atoms with Crippen molar-refractivity contribution in [1.82, 2.24) is 14.5 Å². The summed E-state index contributed by atoms with van der Waals surface area (Å²) in [4.78, 5) is 33.4. The molecule has 3 aromatic rings. The molecule has 2 aliphatic rings. The number of hydrogen-bond donors (Lipinski definition) is 2. The number of aromatic nitrogens is 2. The molecule has 2 aliphatic heterocycles. The van der Waals surface area contributed by atoms with Gasteiger partial charge in [0.2, 0.25) is 5.91 Å². The Morgan fingerprint density at radius 3 is 2.36 bits per heavy atom. The molecule has 236 valence electrons. The van der Waals surface area contributed by atoms with Crippen molar-refractivity contribution in [2.24, 2.45) is 5.41 Å². The number of alkyl halides is 3. The van der Waals surface area contributed by atoms with Gasteiger partial charge in [0.05, 0.1) is 29.3 Å². The molecule has 1 fully saturated rings. The predicted molar refractivity (Wildman–Crippen MR) is 157 cm³/mol. The minimum atomic E-state index is -5.06. The summed E-state index contributed by atoms with van der Waals surface area (Å²) >= 11 is 6.71. The molecule has 3 heterocycles. The minimum Gasteiger partial charge on any atom is -0.396 e. The van der Waals surface area contributed by atoms with Gasteiger partial charge in [0.1, 0.15) is 17.5 Å². The van der Waals surface area contributed by atoms with Crippen LogP contribution in [0.3, 0.4) is 0 Å². The highest BCUT2D eigenvalue weighted by Crippen LogP contribution is 2.50. The number of piperazine rings is 1. The largest absolute Gasteiger partial charge is 0.417 e. The van der Waals surface area contributed by atoms with Crippen LogP contribution in [0.25, 0.3) is 22.0 Å². The second-order valence-corrected chi connectivity index (χ2v) is 12.6. The number of thioether (sulfide) groups is 1. The average Bonchev–Trinajstić information content (AvgIpc) is 3.14. The molecule has 5 rings (SSSR count). The summed E-state index contributed by atoms with van der Waals surface area (Å²) < 4.78 is 75.1. The second-order valence-electron chi connectivity index (χ2n) is 11.2. The molecule has 0 aliphatic carbocycles. The van der Waals surface area contributed by atoms with E-state index in [1.807, 2.05) is 0 Å². The van der Waals surface area contributed by atoms with Crippen LogP contribution in [0.2, 0.25) is 5.02 Å². The van der Waals surface area contributed by atoms with Crippen molar-refractivity contribution >= 4 is 46.0 Å². The molecule has 1 aromatic heterocycles. The van der Waals surface area contributed by atoms with Crippen LogP contribution < -0.4 is 10.6 Å². The van der Waals surface area contributed by atoms with Crippen LogP contribution in [-0.2, 0) is 17.5 Å². The van der Waals surface area contributed by atoms with Gasteiger partial charge in [-0.1, -0.05) is 18.2 Å². The highest BCUT2D eigenvalue weighted by Gasteiger charge is 2.42. The highest BCUT2D eigenvalue weighted by molar-refractivity contribution is 7.99. The molecule has 15 heteroatoms. The maximum Gasteiger partial charge on any atom is 0.417 e. The van der Waals surface area contributed by atoms with Crippen molar-refractivity contribution in [2.45, 2.75) is 43.5 Å². The number of halogens is 6. The number of carbonyl (C=O) groups is 1. The maximum atomic E-state index is 15.3. The van der Waals surface area contributed by atoms with Gasteiger partial charge in [-0.05, 0) is 32.1 Å². The van der Waals surface area contributed by atoms with Crippen molar-refractivity contribution in [2.75, 3.05) is 37.0 Å². The predicted octanol–water partition coefficient (Wildman–Crippen LogP) is 4.70. The lowest BCUT2D eigenvalue weighted by atomic mass is 9.92. The van der Waals surface area contributed by atoms with Gasteiger partial charge in [-0.3, -0.25) is 9.36 Å². The van der Waals surface area contributed by atoms with Gasteiger partial charge < -0.3 is 20.0 Å². The van der Waals surface area contributed by atoms with E-state index in [-0.39, 0.29) is 52.9 Å². The summed E-state index contributed by atoms with van der Waals surface area (Å²) in [5.74, 6) is -3.01. The summed E-state index contributed by atoms with van der Waals surface area (Å²) in [5.41, 5.74) is -4.79. The minimum absolute atomic E-state index is 0.0125. The van der Waals surface area contributed by atoms with Gasteiger partial charge >= 0.3 is 11.9 Å². The molecule has 1 amide bonds. The van der Waals surface area contributed by atoms with Crippen molar-refractivity contribution in [3.05, 3.63) is 63.6 Å². The van der Waals surface area contributed by atoms with Crippen molar-refractivity contribution < 1.29 is 37.0 Å². The lowest BCUT2D eigenvalue weighted by molar-refractivity contribution is -0.137. The fourth-order valence-corrected chi connectivity index (χ4v) is 7.62. The van der Waals surface area contributed by atoms with Crippen molar-refractivity contribution in [3.8, 4) is 11.1 Å². The molecule has 0 saturated carbocycles. The summed E-state index contributed by atoms with van der Waals surface area (Å²) in [6.45, 7) is 5.74. The Kier molecular flexibility index (Phi) is 8.51. The van der Waals surface area contributed by atoms with Gasteiger partial charge in [-0.2, -0.15) is 18.2 Å². The fraction of sp³-hybridized carbons (Fsp3) is 0.414. The van der Waals surface area contributed by atoms with Gasteiger partial charge in [-0.25, -0.2) is 13.6 Å². The van der Waals surface area contributed by atoms with E-state index >= 15 is 4.39 Å². The summed E-state index contributed by atoms with van der Waals surface area (Å²) in [5, 5.41) is 19.8. The standard InChI is InChI=1S/C29H28ClF5N4O4S/c1-4-22(42)39-14(2)8-37(9-15(39)3)26-17-5-18(29(33,34)35)23(16-6-19(30)21(32)7-20(16)31)25-24(17)38(27(43)36-26)10-28(11-40,12-41)13-44-25/h4-7,14-15,40-41H,1,8-13H2,2-3H3/t14-,15+. The SMILES string of the molecule is C=CC(=O)N1[C@H](C)CN(c2nc(=O)n3c4c(c(-c5cc(Cl)c(F)cc5F)c(C(F)(F)F)cc24)SCC(CO)(CO)C3)C[C@@H]1C. The number of aliphatic hydroxyl groups excluding tert-OH is 2. The smallest absolute Gasteiger partial charge is 0.396 e. The van der Waals surface area contributed by atoms with E-state index in [1.54, 1.807) is 23.6 Å². The van der Waals surface area contributed by atoms with Crippen molar-refractivity contribution in [1.29, 1.82) is 0 Å². The van der Waals surface area contributed by atoms with E-state index in [0.717, 1.165) is 28.5 Å². The number of nitrogens with zero attached hydrogens (tertiary/aromatic N) is 4. The Morgan fingerprint density at radius 1 is 1.16 bits per heavy atom. The van der Waals surface area contributed by atoms with Gasteiger partial charge in [-0.15, -0.1) is 11.8 Å². The van der Waals surface area contributed by atoms with Crippen LogP contribution in [0, 0.1) is 17.0 Å². The number of benzene rings is 2. The Morgan fingerprint density at radius 2 is 1.80 bits per heavy atom. The summed E-state index contributed by atoms with van der Waals surface area (Å²) in [6, 6.07) is 1.08. The van der Waals surface area contributed by atoms with E-state index in [4.69, 9.17) is 11.6 Å². The number of carbonyl (C=O) groups excluding carboxylic acids is 1. The monoisotopic (exact) mass is 658 g/mol. The number of hydrogen-bond acceptors (Lipinski definition) is 7. The third kappa shape index (κ3) is 5.35. The van der Waals surface area contributed by atoms with Crippen molar-refractivity contribution in [3.63, 3.8) is 0 Å². The first-order chi connectivity index (χ1) is 20.7. The molecule has 0 radical (unpaired) electrons. The maximum absolute atomic E-state index is 15.3. The number of amides is 1. The Labute approximate surface area is 257 Å². The molecular weight excluding hydrogens is 631 g/mol. The number of anilines is 1. The van der Waals surface area contributed by atoms with E-state index < -0.39 is 75.9 Å². The van der Waals surface area contributed by atoms with Crippen LogP contribution in [0.4, 0.5) is 27.8 Å². The third-order valence-corrected chi connectivity index (χ3v) is 9.85. The zero-order valence-electron chi connectivity index (χ0n) is 23.6. The van der Waals surface area contributed by atoms with E-state index in [0.29, 0.717) is 6.07 Å². The number of aliphatic hydroxyl groups is 2. The quantitative estimate of drug-likeness (QED) is 0.233. The Hall–Kier alpha value is -3.20. The molecule has 2 atom stereocenters. The molecule has 0 unspecified atom stereocenters. The highest BCUT2D eigenvalue weighted by atomic mass is 35.5. The molecule has 8 nitrogen and oxygen atoms in total. The lowest BCUT2D eigenvalue weighted by Gasteiger charge is -2.44. The molecule has 1 saturated heterocycles. The Bertz CT molecular complexity index is 1720. The summed E-state index contributed by atoms with van der Waals surface area (Å²) in [7, 11) is 0. The molecule has 44 heavy (non-hydrogen) atoms. The first-order valence-corrected chi connectivity index (χ1v) is 14.9. The first-order valence-electron chi connectivity index (χ1n) is 13.5. The average molecular weight is 659 g/mol. The van der Waals surface area contributed by atoms with Crippen LogP contribution in [0.5, 0.6) is 0 Å². The summed E-state index contributed by atoms with van der Waals surface area (Å²) in [6.07, 6.45) is -3.89. The van der Waals surface area contributed by atoms with Crippen LogP contribution in [0.15, 0.2) is 40.5 Å². The van der Waals surface area contributed by atoms with E-state index in [1.165, 1.54) is 6.08 Å². The Balaban J connectivity index is 1.88. The van der Waals surface area contributed by atoms with E-state index in [9.17, 15) is 37.4 Å². The topological polar surface area (TPSA) is 98.9 Å². The van der Waals surface area contributed by atoms with Gasteiger partial charge in [0.25, 0.3) is 0 Å². The zero-order valence-corrected chi connectivity index (χ0v) is 25.2. The van der Waals surface area contributed by atoms with Crippen LogP contribution in [0.1, 0.15) is 19.4 Å². The molecule has 2 aromatic carbocycles. The van der Waals surface area contributed by atoms with Crippen LogP contribution in [-0.4, -0.2) is 74.7 Å². The number of rotatable bonds is 5. The molecule has 2 N–H and O–H groups in total. The molecule has 0 spiro atoms. The van der Waals surface area contributed by atoms with Gasteiger partial charge in [0.15, 0.2) is 0 Å². The van der Waals surface area contributed by atoms with Crippen LogP contribution >= 0.6 is 23.4 Å². The fourth-order valence-electron chi connectivity index (χ4n) is 6.01. The first kappa shape index (κ1) is 32.2.